The van der Waals surface area contributed by atoms with Crippen molar-refractivity contribution in [2.45, 2.75) is 0 Å². The largest absolute Gasteiger partial charge is 2.00 e. The van der Waals surface area contributed by atoms with Crippen LogP contribution < -0.4 is 35.9 Å². The van der Waals surface area contributed by atoms with E-state index in [4.69, 9.17) is 16.6 Å². The maximum absolute atomic E-state index is 6.71. The Hall–Kier alpha value is -0.0566. The second-order valence-electron chi connectivity index (χ2n) is 1.07. The first-order valence-electron chi connectivity index (χ1n) is 1.90. The molecule has 62 valence electrons. The molecule has 0 radical (unpaired) electrons. The maximum atomic E-state index is 6.71. The quantitative estimate of drug-likeness (QED) is 0.196. The Morgan fingerprint density at radius 3 is 1.82 bits per heavy atom. The summed E-state index contributed by atoms with van der Waals surface area (Å²) in [5, 5.41) is 15.4. The molecule has 0 bridgehead atoms. The minimum Gasteiger partial charge on any atom is -1.00 e. The van der Waals surface area contributed by atoms with Crippen LogP contribution in [0.1, 0.15) is 0 Å². The van der Waals surface area contributed by atoms with E-state index >= 15 is 0 Å². The number of guanidine groups is 1. The van der Waals surface area contributed by atoms with Crippen molar-refractivity contribution in [3.05, 3.63) is 0 Å². The Bertz CT molecular complexity index is 122. The summed E-state index contributed by atoms with van der Waals surface area (Å²) in [7, 11) is 1.32. The molecule has 0 atom stereocenters. The average molecular weight is 252 g/mol. The number of nitrogens with one attached hydrogen (secondary N) is 3. The standard InChI is InChI=1S/C3H8N4O.2ClH.Zn/c1-8-3(6)7-2(4)5;;;/h1H3,(H5,4,5,6,7);2*1H;/q;;;+2/p-2. The predicted molar refractivity (Wildman–Crippen MR) is 29.8 cm³/mol. The van der Waals surface area contributed by atoms with Gasteiger partial charge in [-0.15, -0.1) is 0 Å². The zero-order valence-electron chi connectivity index (χ0n) is 5.95. The number of hydrogen-bond donors (Lipinski definition) is 4. The van der Waals surface area contributed by atoms with E-state index < -0.39 is 0 Å². The molecule has 0 rings (SSSR count). The molecule has 0 heterocycles. The molecular formula is C3H8Cl2N4OZn. The first-order chi connectivity index (χ1) is 3.66. The number of nitrogens with two attached hydrogens (primary N) is 1. The van der Waals surface area contributed by atoms with Crippen LogP contribution in [0.2, 0.25) is 0 Å². The van der Waals surface area contributed by atoms with Crippen molar-refractivity contribution >= 4 is 12.0 Å². The molecular weight excluding hydrogens is 244 g/mol. The van der Waals surface area contributed by atoms with Crippen molar-refractivity contribution in [1.29, 1.82) is 10.8 Å². The Morgan fingerprint density at radius 2 is 1.73 bits per heavy atom. The van der Waals surface area contributed by atoms with Gasteiger partial charge >= 0.3 is 19.5 Å². The summed E-state index contributed by atoms with van der Waals surface area (Å²) >= 11 is 0. The normalized spacial score (nSPS) is 5.55. The molecule has 0 aromatic rings. The van der Waals surface area contributed by atoms with Gasteiger partial charge in [0.2, 0.25) is 0 Å². The molecule has 0 aliphatic heterocycles. The van der Waals surface area contributed by atoms with Crippen LogP contribution >= 0.6 is 0 Å². The smallest absolute Gasteiger partial charge is 1.00 e. The topological polar surface area (TPSA) is 95.0 Å². The van der Waals surface area contributed by atoms with Crippen molar-refractivity contribution in [1.82, 2.24) is 5.32 Å². The molecule has 0 aliphatic carbocycles. The minimum absolute atomic E-state index is 0. The van der Waals surface area contributed by atoms with E-state index in [0.717, 1.165) is 0 Å². The third-order valence-corrected chi connectivity index (χ3v) is 0.452. The summed E-state index contributed by atoms with van der Waals surface area (Å²) in [4.78, 5) is 0. The minimum atomic E-state index is -0.295. The van der Waals surface area contributed by atoms with Gasteiger partial charge in [-0.3, -0.25) is 16.1 Å². The number of halogens is 2. The molecule has 0 aliphatic rings. The monoisotopic (exact) mass is 250 g/mol. The third-order valence-electron chi connectivity index (χ3n) is 0.452. The molecule has 0 aromatic carbocycles. The molecule has 8 heteroatoms. The summed E-state index contributed by atoms with van der Waals surface area (Å²) < 4.78 is 4.31. The number of ether oxygens (including phenoxy) is 1. The first kappa shape index (κ1) is 22.4. The van der Waals surface area contributed by atoms with Gasteiger partial charge in [0, 0.05) is 0 Å². The summed E-state index contributed by atoms with van der Waals surface area (Å²) in [6.07, 6.45) is 0. The predicted octanol–water partition coefficient (Wildman–Crippen LogP) is -6.94. The van der Waals surface area contributed by atoms with E-state index in [-0.39, 0.29) is 56.3 Å². The van der Waals surface area contributed by atoms with Crippen LogP contribution in [-0.2, 0) is 24.2 Å². The molecule has 0 amide bonds. The molecule has 11 heavy (non-hydrogen) atoms. The molecule has 5 nitrogen and oxygen atoms in total. The zero-order chi connectivity index (χ0) is 6.57. The first-order valence-corrected chi connectivity index (χ1v) is 1.90. The van der Waals surface area contributed by atoms with Gasteiger partial charge in [0.25, 0.3) is 6.02 Å². The molecule has 0 saturated carbocycles. The summed E-state index contributed by atoms with van der Waals surface area (Å²) in [6.45, 7) is 0. The van der Waals surface area contributed by atoms with Gasteiger partial charge in [-0.1, -0.05) is 0 Å². The Labute approximate surface area is 90.0 Å². The average Bonchev–Trinajstić information content (AvgIpc) is 1.65. The van der Waals surface area contributed by atoms with Crippen LogP contribution in [0.5, 0.6) is 0 Å². The van der Waals surface area contributed by atoms with Gasteiger partial charge < -0.3 is 35.3 Å². The molecule has 0 spiro atoms. The van der Waals surface area contributed by atoms with Gasteiger partial charge in [-0.05, 0) is 0 Å². The van der Waals surface area contributed by atoms with Gasteiger partial charge in [-0.2, -0.15) is 0 Å². The van der Waals surface area contributed by atoms with E-state index in [2.05, 4.69) is 10.1 Å². The van der Waals surface area contributed by atoms with Crippen molar-refractivity contribution in [3.63, 3.8) is 0 Å². The van der Waals surface area contributed by atoms with Crippen LogP contribution in [0.15, 0.2) is 0 Å². The Morgan fingerprint density at radius 1 is 1.36 bits per heavy atom. The van der Waals surface area contributed by atoms with Crippen molar-refractivity contribution in [2.75, 3.05) is 7.11 Å². The van der Waals surface area contributed by atoms with Crippen molar-refractivity contribution in [2.24, 2.45) is 5.73 Å². The molecule has 0 saturated heterocycles. The van der Waals surface area contributed by atoms with E-state index in [0.29, 0.717) is 0 Å². The van der Waals surface area contributed by atoms with Crippen LogP contribution in [0.4, 0.5) is 0 Å². The maximum Gasteiger partial charge on any atom is 2.00 e. The van der Waals surface area contributed by atoms with Crippen LogP contribution in [0.25, 0.3) is 0 Å². The van der Waals surface area contributed by atoms with Crippen LogP contribution in [0.3, 0.4) is 0 Å². The van der Waals surface area contributed by atoms with Gasteiger partial charge in [0.05, 0.1) is 7.11 Å². The van der Waals surface area contributed by atoms with Gasteiger partial charge in [-0.25, -0.2) is 0 Å². The zero-order valence-corrected chi connectivity index (χ0v) is 10.4. The second-order valence-corrected chi connectivity index (χ2v) is 1.07. The fourth-order valence-electron chi connectivity index (χ4n) is 0.173. The summed E-state index contributed by atoms with van der Waals surface area (Å²) in [6, 6.07) is -0.225. The molecule has 0 unspecified atom stereocenters. The molecule has 0 aromatic heterocycles. The number of hydrogen-bond acceptors (Lipinski definition) is 3. The fourth-order valence-corrected chi connectivity index (χ4v) is 0.173. The summed E-state index contributed by atoms with van der Waals surface area (Å²) in [5.74, 6) is -0.295. The van der Waals surface area contributed by atoms with E-state index in [9.17, 15) is 0 Å². The Balaban J connectivity index is -0.0000000817. The number of methoxy groups -OCH3 is 1. The fraction of sp³-hybridized carbons (Fsp3) is 0.333. The van der Waals surface area contributed by atoms with Crippen LogP contribution in [-0.4, -0.2) is 19.1 Å². The SMILES string of the molecule is COC(=N)NC(=N)N.[Cl-].[Cl-].[Zn+2]. The van der Waals surface area contributed by atoms with E-state index in [1.807, 2.05) is 0 Å². The van der Waals surface area contributed by atoms with E-state index in [1.54, 1.807) is 0 Å². The number of amidine groups is 1. The third kappa shape index (κ3) is 17.8. The van der Waals surface area contributed by atoms with Gasteiger partial charge in [0.15, 0.2) is 5.96 Å². The molecule has 0 fully saturated rings. The molecule has 5 N–H and O–H groups in total. The van der Waals surface area contributed by atoms with Crippen LogP contribution in [0, 0.1) is 10.8 Å². The second kappa shape index (κ2) is 12.6. The van der Waals surface area contributed by atoms with Crippen molar-refractivity contribution in [3.8, 4) is 0 Å². The van der Waals surface area contributed by atoms with Crippen molar-refractivity contribution < 1.29 is 49.0 Å². The summed E-state index contributed by atoms with van der Waals surface area (Å²) in [5.41, 5.74) is 4.82. The van der Waals surface area contributed by atoms with Gasteiger partial charge in [0.1, 0.15) is 0 Å². The number of rotatable bonds is 0. The Kier molecular flexibility index (Phi) is 25.7. The van der Waals surface area contributed by atoms with E-state index in [1.165, 1.54) is 7.11 Å².